The Hall–Kier alpha value is -2.11. The van der Waals surface area contributed by atoms with Gasteiger partial charge in [-0.3, -0.25) is 9.59 Å². The van der Waals surface area contributed by atoms with Crippen LogP contribution in [0, 0.1) is 0 Å². The molecule has 1 N–H and O–H groups in total. The van der Waals surface area contributed by atoms with Crippen molar-refractivity contribution in [3.63, 3.8) is 0 Å². The van der Waals surface area contributed by atoms with Crippen LogP contribution in [0.15, 0.2) is 42.6 Å². The van der Waals surface area contributed by atoms with Crippen molar-refractivity contribution >= 4 is 40.9 Å². The van der Waals surface area contributed by atoms with E-state index in [2.05, 4.69) is 10.3 Å². The van der Waals surface area contributed by atoms with Gasteiger partial charge in [-0.1, -0.05) is 53.5 Å². The molecule has 0 aliphatic carbocycles. The van der Waals surface area contributed by atoms with Gasteiger partial charge < -0.3 is 10.1 Å². The normalized spacial score (nSPS) is 10.1. The first kappa shape index (κ1) is 16.3. The number of benzene rings is 1. The van der Waals surface area contributed by atoms with Gasteiger partial charge in [-0.05, 0) is 11.6 Å². The molecule has 0 saturated heterocycles. The average molecular weight is 339 g/mol. The Balaban J connectivity index is 1.81. The lowest BCUT2D eigenvalue weighted by Crippen LogP contribution is -2.22. The van der Waals surface area contributed by atoms with Crippen molar-refractivity contribution in [2.24, 2.45) is 0 Å². The lowest BCUT2D eigenvalue weighted by Gasteiger charge is -2.07. The number of amides is 1. The van der Waals surface area contributed by atoms with Crippen molar-refractivity contribution in [1.29, 1.82) is 0 Å². The number of carbonyl (C=O) groups excluding carboxylic acids is 2. The molecule has 2 rings (SSSR count). The molecule has 0 fully saturated rings. The molecule has 0 aliphatic rings. The molecular weight excluding hydrogens is 327 g/mol. The Labute approximate surface area is 137 Å². The second kappa shape index (κ2) is 7.77. The van der Waals surface area contributed by atoms with E-state index in [-0.39, 0.29) is 17.3 Å². The molecule has 0 saturated carbocycles. The molecular formula is C15H12Cl2N2O3. The molecule has 5 nitrogen and oxygen atoms in total. The summed E-state index contributed by atoms with van der Waals surface area (Å²) in [6, 6.07) is 10.6. The Morgan fingerprint density at radius 3 is 2.59 bits per heavy atom. The second-order valence-corrected chi connectivity index (χ2v) is 5.20. The van der Waals surface area contributed by atoms with Crippen LogP contribution in [0.2, 0.25) is 10.0 Å². The highest BCUT2D eigenvalue weighted by Gasteiger charge is 2.11. The van der Waals surface area contributed by atoms with E-state index in [9.17, 15) is 9.59 Å². The van der Waals surface area contributed by atoms with Crippen LogP contribution >= 0.6 is 23.2 Å². The fourth-order valence-electron chi connectivity index (χ4n) is 1.63. The summed E-state index contributed by atoms with van der Waals surface area (Å²) in [5.74, 6) is -0.857. The van der Waals surface area contributed by atoms with Crippen molar-refractivity contribution in [2.75, 3.05) is 11.9 Å². The van der Waals surface area contributed by atoms with E-state index < -0.39 is 18.5 Å². The third-order valence-electron chi connectivity index (χ3n) is 2.62. The largest absolute Gasteiger partial charge is 0.455 e. The first-order valence-electron chi connectivity index (χ1n) is 6.35. The van der Waals surface area contributed by atoms with Gasteiger partial charge in [0, 0.05) is 6.20 Å². The van der Waals surface area contributed by atoms with Gasteiger partial charge >= 0.3 is 5.97 Å². The van der Waals surface area contributed by atoms with Gasteiger partial charge in [-0.25, -0.2) is 4.98 Å². The minimum absolute atomic E-state index is 0.105. The van der Waals surface area contributed by atoms with Crippen molar-refractivity contribution in [3.05, 3.63) is 58.2 Å². The zero-order valence-corrected chi connectivity index (χ0v) is 12.9. The summed E-state index contributed by atoms with van der Waals surface area (Å²) in [6.45, 7) is -0.410. The number of nitrogens with zero attached hydrogens (tertiary/aromatic N) is 1. The topological polar surface area (TPSA) is 68.3 Å². The Kier molecular flexibility index (Phi) is 5.75. The molecule has 7 heteroatoms. The molecule has 0 bridgehead atoms. The lowest BCUT2D eigenvalue weighted by atomic mass is 10.2. The van der Waals surface area contributed by atoms with Crippen LogP contribution in [0.25, 0.3) is 0 Å². The molecule has 0 unspecified atom stereocenters. The first-order valence-corrected chi connectivity index (χ1v) is 7.10. The maximum Gasteiger partial charge on any atom is 0.310 e. The van der Waals surface area contributed by atoms with E-state index >= 15 is 0 Å². The number of hydrogen-bond donors (Lipinski definition) is 1. The number of aromatic nitrogens is 1. The van der Waals surface area contributed by atoms with Crippen LogP contribution in [0.4, 0.5) is 5.82 Å². The van der Waals surface area contributed by atoms with E-state index in [1.165, 1.54) is 12.3 Å². The Morgan fingerprint density at radius 2 is 1.91 bits per heavy atom. The summed E-state index contributed by atoms with van der Waals surface area (Å²) in [7, 11) is 0. The third-order valence-corrected chi connectivity index (χ3v) is 3.12. The monoisotopic (exact) mass is 338 g/mol. The number of ether oxygens (including phenoxy) is 1. The van der Waals surface area contributed by atoms with Crippen LogP contribution in [-0.2, 0) is 20.7 Å². The van der Waals surface area contributed by atoms with Gasteiger partial charge in [0.05, 0.1) is 16.5 Å². The number of halogens is 2. The van der Waals surface area contributed by atoms with Gasteiger partial charge in [0.1, 0.15) is 0 Å². The molecule has 0 radical (unpaired) electrons. The zero-order chi connectivity index (χ0) is 15.9. The van der Waals surface area contributed by atoms with Gasteiger partial charge in [-0.15, -0.1) is 0 Å². The molecule has 0 aliphatic heterocycles. The van der Waals surface area contributed by atoms with Crippen molar-refractivity contribution in [3.8, 4) is 0 Å². The predicted octanol–water partition coefficient (Wildman–Crippen LogP) is 3.11. The fourth-order valence-corrected chi connectivity index (χ4v) is 2.06. The maximum atomic E-state index is 11.7. The summed E-state index contributed by atoms with van der Waals surface area (Å²) < 4.78 is 4.90. The lowest BCUT2D eigenvalue weighted by molar-refractivity contribution is -0.146. The summed E-state index contributed by atoms with van der Waals surface area (Å²) in [6.07, 6.45) is 1.46. The van der Waals surface area contributed by atoms with E-state index in [1.54, 1.807) is 12.1 Å². The fraction of sp³-hybridized carbons (Fsp3) is 0.133. The van der Waals surface area contributed by atoms with Crippen LogP contribution in [0.3, 0.4) is 0 Å². The standard InChI is InChI=1S/C15H12Cl2N2O3/c16-11-7-12(17)15(18-8-11)19-13(20)9-22-14(21)6-10-4-2-1-3-5-10/h1-5,7-8H,6,9H2,(H,18,19,20). The Bertz CT molecular complexity index is 678. The second-order valence-electron chi connectivity index (χ2n) is 4.36. The number of anilines is 1. The van der Waals surface area contributed by atoms with E-state index in [1.807, 2.05) is 18.2 Å². The summed E-state index contributed by atoms with van der Waals surface area (Å²) >= 11 is 11.6. The van der Waals surface area contributed by atoms with Gasteiger partial charge in [0.15, 0.2) is 12.4 Å². The van der Waals surface area contributed by atoms with Gasteiger partial charge in [-0.2, -0.15) is 0 Å². The molecule has 1 aromatic heterocycles. The molecule has 2 aromatic rings. The highest BCUT2D eigenvalue weighted by Crippen LogP contribution is 2.22. The number of pyridine rings is 1. The summed E-state index contributed by atoms with van der Waals surface area (Å²) in [5, 5.41) is 3.00. The van der Waals surface area contributed by atoms with Gasteiger partial charge in [0.25, 0.3) is 5.91 Å². The first-order chi connectivity index (χ1) is 10.5. The van der Waals surface area contributed by atoms with Crippen LogP contribution in [0.5, 0.6) is 0 Å². The molecule has 1 amide bonds. The van der Waals surface area contributed by atoms with Crippen LogP contribution < -0.4 is 5.32 Å². The zero-order valence-electron chi connectivity index (χ0n) is 11.4. The smallest absolute Gasteiger partial charge is 0.310 e. The molecule has 1 aromatic carbocycles. The number of nitrogens with one attached hydrogen (secondary N) is 1. The predicted molar refractivity (Wildman–Crippen MR) is 84.0 cm³/mol. The quantitative estimate of drug-likeness (QED) is 0.850. The molecule has 22 heavy (non-hydrogen) atoms. The molecule has 0 atom stereocenters. The van der Waals surface area contributed by atoms with Gasteiger partial charge in [0.2, 0.25) is 0 Å². The molecule has 114 valence electrons. The SMILES string of the molecule is O=C(COC(=O)Cc1ccccc1)Nc1ncc(Cl)cc1Cl. The average Bonchev–Trinajstić information content (AvgIpc) is 2.49. The van der Waals surface area contributed by atoms with Crippen molar-refractivity contribution in [2.45, 2.75) is 6.42 Å². The van der Waals surface area contributed by atoms with E-state index in [0.29, 0.717) is 5.02 Å². The minimum atomic E-state index is -0.530. The third kappa shape index (κ3) is 5.02. The number of esters is 1. The van der Waals surface area contributed by atoms with E-state index in [0.717, 1.165) is 5.56 Å². The highest BCUT2D eigenvalue weighted by atomic mass is 35.5. The molecule has 0 spiro atoms. The van der Waals surface area contributed by atoms with Crippen LogP contribution in [-0.4, -0.2) is 23.5 Å². The minimum Gasteiger partial charge on any atom is -0.455 e. The molecule has 1 heterocycles. The van der Waals surface area contributed by atoms with Crippen LogP contribution in [0.1, 0.15) is 5.56 Å². The Morgan fingerprint density at radius 1 is 1.18 bits per heavy atom. The maximum absolute atomic E-state index is 11.7. The number of hydrogen-bond acceptors (Lipinski definition) is 4. The highest BCUT2D eigenvalue weighted by molar-refractivity contribution is 6.36. The number of carbonyl (C=O) groups is 2. The van der Waals surface area contributed by atoms with E-state index in [4.69, 9.17) is 27.9 Å². The van der Waals surface area contributed by atoms with Crippen molar-refractivity contribution in [1.82, 2.24) is 4.98 Å². The summed E-state index contributed by atoms with van der Waals surface area (Å²) in [5.41, 5.74) is 0.815. The number of rotatable bonds is 5. The summed E-state index contributed by atoms with van der Waals surface area (Å²) in [4.78, 5) is 27.2. The van der Waals surface area contributed by atoms with Crippen molar-refractivity contribution < 1.29 is 14.3 Å².